The second kappa shape index (κ2) is 7.75. The molecule has 0 saturated carbocycles. The number of amides is 1. The summed E-state index contributed by atoms with van der Waals surface area (Å²) in [6.45, 7) is 1.32. The Bertz CT molecular complexity index is 965. The third-order valence-electron chi connectivity index (χ3n) is 3.98. The van der Waals surface area contributed by atoms with Crippen LogP contribution in [0.15, 0.2) is 52.4 Å². The number of aromatic nitrogens is 1. The average Bonchev–Trinajstić information content (AvgIpc) is 3.23. The Kier molecular flexibility index (Phi) is 5.41. The summed E-state index contributed by atoms with van der Waals surface area (Å²) >= 11 is 0. The van der Waals surface area contributed by atoms with Crippen molar-refractivity contribution in [2.75, 3.05) is 12.4 Å². The first-order valence-corrected chi connectivity index (χ1v) is 9.90. The highest BCUT2D eigenvalue weighted by molar-refractivity contribution is 7.94. The van der Waals surface area contributed by atoms with Crippen molar-refractivity contribution in [2.45, 2.75) is 19.5 Å². The maximum atomic E-state index is 12.7. The summed E-state index contributed by atoms with van der Waals surface area (Å²) in [6, 6.07) is 9.94. The minimum Gasteiger partial charge on any atom is -0.450 e. The molecule has 1 aliphatic rings. The zero-order chi connectivity index (χ0) is 19.4. The first-order chi connectivity index (χ1) is 12.8. The van der Waals surface area contributed by atoms with Gasteiger partial charge in [-0.25, -0.2) is 13.2 Å². The number of carbonyl (C=O) groups excluding carboxylic acids is 2. The highest BCUT2D eigenvalue weighted by Gasteiger charge is 2.31. The van der Waals surface area contributed by atoms with Crippen molar-refractivity contribution in [3.8, 4) is 0 Å². The maximum Gasteiger partial charge on any atom is 0.377 e. The molecule has 0 bridgehead atoms. The molecule has 0 aliphatic carbocycles. The lowest BCUT2D eigenvalue weighted by Gasteiger charge is -2.27. The molecule has 1 atom stereocenters. The molecule has 3 rings (SSSR count). The van der Waals surface area contributed by atoms with Gasteiger partial charge in [-0.3, -0.25) is 4.79 Å². The molecule has 8 nitrogen and oxygen atoms in total. The van der Waals surface area contributed by atoms with Gasteiger partial charge in [-0.15, -0.1) is 0 Å². The van der Waals surface area contributed by atoms with E-state index in [4.69, 9.17) is 9.26 Å². The van der Waals surface area contributed by atoms with Gasteiger partial charge in [0, 0.05) is 18.0 Å². The predicted octanol–water partition coefficient (Wildman–Crippen LogP) is 1.48. The minimum absolute atomic E-state index is 0.0988. The van der Waals surface area contributed by atoms with Crippen LogP contribution >= 0.6 is 0 Å². The molecule has 0 spiro atoms. The Morgan fingerprint density at radius 2 is 2.04 bits per heavy atom. The van der Waals surface area contributed by atoms with Gasteiger partial charge in [0.25, 0.3) is 5.91 Å². The van der Waals surface area contributed by atoms with Crippen LogP contribution in [0.5, 0.6) is 0 Å². The highest BCUT2D eigenvalue weighted by Crippen LogP contribution is 2.18. The third kappa shape index (κ3) is 4.82. The van der Waals surface area contributed by atoms with Gasteiger partial charge < -0.3 is 14.2 Å². The first-order valence-electron chi connectivity index (χ1n) is 8.19. The molecule has 0 radical (unpaired) electrons. The van der Waals surface area contributed by atoms with E-state index in [1.165, 1.54) is 17.0 Å². The number of rotatable bonds is 6. The van der Waals surface area contributed by atoms with Crippen LogP contribution in [0.4, 0.5) is 0 Å². The lowest BCUT2D eigenvalue weighted by atomic mass is 10.2. The molecule has 1 aromatic carbocycles. The Labute approximate surface area is 156 Å². The van der Waals surface area contributed by atoms with E-state index in [9.17, 15) is 18.0 Å². The van der Waals surface area contributed by atoms with Crippen molar-refractivity contribution in [2.24, 2.45) is 0 Å². The van der Waals surface area contributed by atoms with Crippen LogP contribution in [-0.2, 0) is 25.9 Å². The van der Waals surface area contributed by atoms with E-state index >= 15 is 0 Å². The van der Waals surface area contributed by atoms with Gasteiger partial charge in [0.1, 0.15) is 0 Å². The molecule has 142 valence electrons. The number of sulfone groups is 1. The third-order valence-corrected chi connectivity index (χ3v) is 5.36. The maximum absolute atomic E-state index is 12.7. The number of benzene rings is 1. The molecular weight excluding hydrogens is 372 g/mol. The van der Waals surface area contributed by atoms with Crippen molar-refractivity contribution in [1.29, 1.82) is 0 Å². The minimum atomic E-state index is -3.34. The van der Waals surface area contributed by atoms with E-state index in [0.717, 1.165) is 11.0 Å². The van der Waals surface area contributed by atoms with E-state index in [-0.39, 0.29) is 18.1 Å². The van der Waals surface area contributed by atoms with E-state index in [2.05, 4.69) is 5.16 Å². The number of nitrogens with zero attached hydrogens (tertiary/aromatic N) is 2. The van der Waals surface area contributed by atoms with Crippen LogP contribution in [0.2, 0.25) is 0 Å². The molecule has 0 unspecified atom stereocenters. The lowest BCUT2D eigenvalue weighted by molar-refractivity contribution is -0.136. The zero-order valence-electron chi connectivity index (χ0n) is 14.6. The lowest BCUT2D eigenvalue weighted by Crippen LogP contribution is -2.42. The Balaban J connectivity index is 1.70. The van der Waals surface area contributed by atoms with Crippen molar-refractivity contribution in [3.05, 3.63) is 64.9 Å². The standard InChI is InChI=1S/C18H18N2O6S/c1-13-9-16(26-19-13)18(22)25-11-17(21)20(10-14-5-3-2-4-6-14)15-7-8-27(23,24)12-15/h2-9,15H,10-12H2,1H3/t15-/m0/s1. The average molecular weight is 390 g/mol. The van der Waals surface area contributed by atoms with Gasteiger partial charge in [-0.1, -0.05) is 35.5 Å². The summed E-state index contributed by atoms with van der Waals surface area (Å²) < 4.78 is 33.3. The molecule has 2 aromatic rings. The zero-order valence-corrected chi connectivity index (χ0v) is 15.4. The van der Waals surface area contributed by atoms with Crippen LogP contribution in [-0.4, -0.2) is 48.8 Å². The first kappa shape index (κ1) is 18.8. The Morgan fingerprint density at radius 3 is 2.63 bits per heavy atom. The summed E-state index contributed by atoms with van der Waals surface area (Å²) in [7, 11) is -3.34. The molecule has 2 heterocycles. The second-order valence-electron chi connectivity index (χ2n) is 6.14. The predicted molar refractivity (Wildman–Crippen MR) is 95.2 cm³/mol. The number of ether oxygens (including phenoxy) is 1. The normalized spacial score (nSPS) is 17.6. The number of aryl methyl sites for hydroxylation is 1. The van der Waals surface area contributed by atoms with Gasteiger partial charge in [0.05, 0.1) is 17.5 Å². The molecule has 1 aliphatic heterocycles. The molecule has 9 heteroatoms. The summed E-state index contributed by atoms with van der Waals surface area (Å²) in [4.78, 5) is 26.0. The van der Waals surface area contributed by atoms with Gasteiger partial charge >= 0.3 is 5.97 Å². The van der Waals surface area contributed by atoms with E-state index in [0.29, 0.717) is 5.69 Å². The number of hydrogen-bond acceptors (Lipinski definition) is 7. The summed E-state index contributed by atoms with van der Waals surface area (Å²) in [5.41, 5.74) is 1.35. The molecular formula is C18H18N2O6S. The van der Waals surface area contributed by atoms with Gasteiger partial charge in [0.15, 0.2) is 16.4 Å². The highest BCUT2D eigenvalue weighted by atomic mass is 32.2. The molecule has 1 amide bonds. The Morgan fingerprint density at radius 1 is 1.30 bits per heavy atom. The fraction of sp³-hybridized carbons (Fsp3) is 0.278. The van der Waals surface area contributed by atoms with Gasteiger partial charge in [-0.05, 0) is 18.6 Å². The van der Waals surface area contributed by atoms with Crippen LogP contribution in [0.3, 0.4) is 0 Å². The molecule has 0 N–H and O–H groups in total. The largest absolute Gasteiger partial charge is 0.450 e. The van der Waals surface area contributed by atoms with Crippen molar-refractivity contribution < 1.29 is 27.3 Å². The second-order valence-corrected chi connectivity index (χ2v) is 8.07. The molecule has 1 aromatic heterocycles. The quantitative estimate of drug-likeness (QED) is 0.688. The summed E-state index contributed by atoms with van der Waals surface area (Å²) in [5, 5.41) is 4.69. The van der Waals surface area contributed by atoms with E-state index in [1.54, 1.807) is 6.92 Å². The monoisotopic (exact) mass is 390 g/mol. The SMILES string of the molecule is Cc1cc(C(=O)OCC(=O)N(Cc2ccccc2)[C@H]2C=CS(=O)(=O)C2)on1. The van der Waals surface area contributed by atoms with Crippen LogP contribution in [0.25, 0.3) is 0 Å². The molecule has 0 saturated heterocycles. The molecule has 0 fully saturated rings. The Hall–Kier alpha value is -2.94. The summed E-state index contributed by atoms with van der Waals surface area (Å²) in [6.07, 6.45) is 1.47. The van der Waals surface area contributed by atoms with Crippen molar-refractivity contribution >= 4 is 21.7 Å². The van der Waals surface area contributed by atoms with Crippen LogP contribution in [0, 0.1) is 6.92 Å². The van der Waals surface area contributed by atoms with Crippen LogP contribution in [0.1, 0.15) is 21.8 Å². The van der Waals surface area contributed by atoms with Gasteiger partial charge in [0.2, 0.25) is 5.76 Å². The van der Waals surface area contributed by atoms with Gasteiger partial charge in [-0.2, -0.15) is 0 Å². The number of esters is 1. The molecule has 27 heavy (non-hydrogen) atoms. The van der Waals surface area contributed by atoms with Crippen molar-refractivity contribution in [1.82, 2.24) is 10.1 Å². The number of carbonyl (C=O) groups is 2. The van der Waals surface area contributed by atoms with E-state index in [1.807, 2.05) is 30.3 Å². The smallest absolute Gasteiger partial charge is 0.377 e. The van der Waals surface area contributed by atoms with Crippen LogP contribution < -0.4 is 0 Å². The topological polar surface area (TPSA) is 107 Å². The van der Waals surface area contributed by atoms with Crippen molar-refractivity contribution in [3.63, 3.8) is 0 Å². The fourth-order valence-corrected chi connectivity index (χ4v) is 3.96. The number of hydrogen-bond donors (Lipinski definition) is 0. The summed E-state index contributed by atoms with van der Waals surface area (Å²) in [5.74, 6) is -1.60. The fourth-order valence-electron chi connectivity index (χ4n) is 2.66. The van der Waals surface area contributed by atoms with E-state index < -0.39 is 34.4 Å².